The summed E-state index contributed by atoms with van der Waals surface area (Å²) >= 11 is 0. The van der Waals surface area contributed by atoms with Crippen LogP contribution >= 0.6 is 0 Å². The maximum atomic E-state index is 10.1. The molecule has 0 saturated heterocycles. The molecule has 0 saturated carbocycles. The first-order valence-corrected chi connectivity index (χ1v) is 2.24. The highest BCUT2D eigenvalue weighted by molar-refractivity contribution is 6.41. The Bertz CT molecular complexity index is 105. The molecule has 0 aromatic rings. The van der Waals surface area contributed by atoms with Crippen LogP contribution in [0.5, 0.6) is 0 Å². The zero-order valence-corrected chi connectivity index (χ0v) is 4.27. The van der Waals surface area contributed by atoms with Crippen LogP contribution in [0.1, 0.15) is 0 Å². The van der Waals surface area contributed by atoms with Gasteiger partial charge in [0.15, 0.2) is 0 Å². The fraction of sp³-hybridized carbons (Fsp3) is 0.500. The second kappa shape index (κ2) is 3.42. The maximum absolute atomic E-state index is 10.1. The van der Waals surface area contributed by atoms with E-state index in [-0.39, 0.29) is 5.78 Å². The predicted octanol–water partition coefficient (Wildman–Crippen LogP) is -0.0180. The van der Waals surface area contributed by atoms with Gasteiger partial charge in [0.05, 0.1) is 0 Å². The van der Waals surface area contributed by atoms with Crippen molar-refractivity contribution in [1.29, 1.82) is 5.26 Å². The predicted molar refractivity (Wildman–Crippen MR) is 28.4 cm³/mol. The fourth-order valence-electron chi connectivity index (χ4n) is 0.283. The molecule has 0 unspecified atom stereocenters. The molecule has 2 nitrogen and oxygen atoms in total. The molecule has 0 N–H and O–H groups in total. The second-order valence-electron chi connectivity index (χ2n) is 1.28. The summed E-state index contributed by atoms with van der Waals surface area (Å²) < 4.78 is 0. The zero-order valence-electron chi connectivity index (χ0n) is 4.27. The van der Waals surface area contributed by atoms with Gasteiger partial charge in [-0.05, 0) is 6.32 Å². The Labute approximate surface area is 43.4 Å². The van der Waals surface area contributed by atoms with Crippen molar-refractivity contribution in [3.8, 4) is 6.07 Å². The average Bonchev–Trinajstić information content (AvgIpc) is 1.68. The van der Waals surface area contributed by atoms with Gasteiger partial charge in [0, 0.05) is 0 Å². The van der Waals surface area contributed by atoms with E-state index in [4.69, 9.17) is 5.26 Å². The molecular weight excluding hydrogens is 88.9 g/mol. The molecule has 0 heterocycles. The van der Waals surface area contributed by atoms with Crippen LogP contribution in [0.2, 0.25) is 13.1 Å². The molecule has 0 rings (SSSR count). The van der Waals surface area contributed by atoms with E-state index in [1.54, 1.807) is 0 Å². The molecular formula is C4H6BNO. The number of nitrogens with zero attached hydrogens (tertiary/aromatic N) is 1. The van der Waals surface area contributed by atoms with E-state index in [9.17, 15) is 4.79 Å². The molecule has 36 valence electrons. The average molecular weight is 94.9 g/mol. The van der Waals surface area contributed by atoms with E-state index in [1.807, 2.05) is 6.82 Å². The molecule has 0 fully saturated rings. The van der Waals surface area contributed by atoms with Gasteiger partial charge in [0.2, 0.25) is 5.78 Å². The molecule has 0 aliphatic heterocycles. The van der Waals surface area contributed by atoms with Crippen LogP contribution in [0.4, 0.5) is 0 Å². The Hall–Kier alpha value is -0.775. The first-order chi connectivity index (χ1) is 3.31. The van der Waals surface area contributed by atoms with Crippen LogP contribution in [-0.4, -0.2) is 13.1 Å². The fourth-order valence-corrected chi connectivity index (χ4v) is 0.283. The Balaban J connectivity index is 3.24. The van der Waals surface area contributed by atoms with Gasteiger partial charge in [-0.2, -0.15) is 5.26 Å². The topological polar surface area (TPSA) is 40.9 Å². The normalized spacial score (nSPS) is 6.86. The third-order valence-corrected chi connectivity index (χ3v) is 0.602. The Morgan fingerprint density at radius 1 is 2.00 bits per heavy atom. The first-order valence-electron chi connectivity index (χ1n) is 2.24. The highest BCUT2D eigenvalue weighted by Gasteiger charge is 1.93. The van der Waals surface area contributed by atoms with Gasteiger partial charge in [-0.3, -0.25) is 4.79 Å². The molecule has 0 radical (unpaired) electrons. The quantitative estimate of drug-likeness (QED) is 0.357. The lowest BCUT2D eigenvalue weighted by Gasteiger charge is -1.75. The van der Waals surface area contributed by atoms with Crippen molar-refractivity contribution in [2.75, 3.05) is 0 Å². The van der Waals surface area contributed by atoms with Crippen molar-refractivity contribution >= 4 is 13.1 Å². The van der Waals surface area contributed by atoms with Gasteiger partial charge in [0.1, 0.15) is 13.3 Å². The van der Waals surface area contributed by atoms with Crippen molar-refractivity contribution in [3.05, 3.63) is 0 Å². The van der Waals surface area contributed by atoms with Crippen LogP contribution in [0.15, 0.2) is 0 Å². The van der Waals surface area contributed by atoms with E-state index < -0.39 is 0 Å². The number of hydrogen-bond donors (Lipinski definition) is 0. The third-order valence-electron chi connectivity index (χ3n) is 0.602. The van der Waals surface area contributed by atoms with Crippen molar-refractivity contribution in [2.24, 2.45) is 0 Å². The summed E-state index contributed by atoms with van der Waals surface area (Å²) in [6.07, 6.45) is 0.399. The van der Waals surface area contributed by atoms with Crippen LogP contribution in [0.25, 0.3) is 0 Å². The molecule has 0 aliphatic rings. The molecule has 0 aliphatic carbocycles. The third kappa shape index (κ3) is 3.04. The number of hydrogen-bond acceptors (Lipinski definition) is 2. The Kier molecular flexibility index (Phi) is 3.04. The highest BCUT2D eigenvalue weighted by Crippen LogP contribution is 1.76. The minimum atomic E-state index is -0.317. The standard InChI is InChI=1S/C4H6BNO/c1-5-2-4(7)3-6/h5H,2H2,1H3. The van der Waals surface area contributed by atoms with Crippen LogP contribution in [-0.2, 0) is 4.79 Å². The smallest absolute Gasteiger partial charge is 0.224 e. The number of carbonyl (C=O) groups is 1. The van der Waals surface area contributed by atoms with Crippen molar-refractivity contribution < 1.29 is 4.79 Å². The summed E-state index contributed by atoms with van der Waals surface area (Å²) in [5.74, 6) is -0.317. The second-order valence-corrected chi connectivity index (χ2v) is 1.28. The number of Topliss-reactive ketones (excluding diaryl/α,β-unsaturated/α-hetero) is 1. The lowest BCUT2D eigenvalue weighted by molar-refractivity contribution is -0.112. The van der Waals surface area contributed by atoms with Gasteiger partial charge < -0.3 is 0 Å². The van der Waals surface area contributed by atoms with Crippen LogP contribution < -0.4 is 0 Å². The summed E-state index contributed by atoms with van der Waals surface area (Å²) in [5, 5.41) is 7.87. The Morgan fingerprint density at radius 3 is 2.71 bits per heavy atom. The summed E-state index contributed by atoms with van der Waals surface area (Å²) in [5.41, 5.74) is 0. The largest absolute Gasteiger partial charge is 0.283 e. The minimum absolute atomic E-state index is 0.317. The summed E-state index contributed by atoms with van der Waals surface area (Å²) in [6, 6.07) is 1.53. The molecule has 0 atom stereocenters. The van der Waals surface area contributed by atoms with Gasteiger partial charge >= 0.3 is 0 Å². The SMILES string of the molecule is CBCC(=O)C#N. The van der Waals surface area contributed by atoms with Crippen molar-refractivity contribution in [2.45, 2.75) is 13.1 Å². The van der Waals surface area contributed by atoms with Gasteiger partial charge in [-0.25, -0.2) is 0 Å². The summed E-state index contributed by atoms with van der Waals surface area (Å²) in [4.78, 5) is 10.1. The van der Waals surface area contributed by atoms with E-state index in [2.05, 4.69) is 0 Å². The zero-order chi connectivity index (χ0) is 5.70. The number of rotatable bonds is 2. The van der Waals surface area contributed by atoms with Gasteiger partial charge in [0.25, 0.3) is 0 Å². The van der Waals surface area contributed by atoms with Crippen molar-refractivity contribution in [1.82, 2.24) is 0 Å². The number of carbonyl (C=O) groups excluding carboxylic acids is 1. The molecule has 0 spiro atoms. The molecule has 3 heteroatoms. The number of nitriles is 1. The van der Waals surface area contributed by atoms with E-state index in [0.717, 1.165) is 7.28 Å². The van der Waals surface area contributed by atoms with Crippen molar-refractivity contribution in [3.63, 3.8) is 0 Å². The minimum Gasteiger partial charge on any atom is -0.283 e. The van der Waals surface area contributed by atoms with E-state index in [1.165, 1.54) is 6.07 Å². The monoisotopic (exact) mass is 95.1 g/mol. The molecule has 0 aromatic heterocycles. The highest BCUT2D eigenvalue weighted by atomic mass is 16.1. The van der Waals surface area contributed by atoms with Gasteiger partial charge in [-0.1, -0.05) is 6.82 Å². The van der Waals surface area contributed by atoms with E-state index >= 15 is 0 Å². The summed E-state index contributed by atoms with van der Waals surface area (Å²) in [6.45, 7) is 1.87. The lowest BCUT2D eigenvalue weighted by Crippen LogP contribution is -1.93. The maximum Gasteiger partial charge on any atom is 0.224 e. The molecule has 0 bridgehead atoms. The molecule has 0 amide bonds. The van der Waals surface area contributed by atoms with Gasteiger partial charge in [-0.15, -0.1) is 0 Å². The Morgan fingerprint density at radius 2 is 2.57 bits per heavy atom. The lowest BCUT2D eigenvalue weighted by atomic mass is 9.77. The molecule has 0 aromatic carbocycles. The van der Waals surface area contributed by atoms with Crippen LogP contribution in [0, 0.1) is 11.3 Å². The van der Waals surface area contributed by atoms with E-state index in [0.29, 0.717) is 6.32 Å². The number of ketones is 1. The first kappa shape index (κ1) is 6.22. The van der Waals surface area contributed by atoms with Crippen LogP contribution in [0.3, 0.4) is 0 Å². The summed E-state index contributed by atoms with van der Waals surface area (Å²) in [7, 11) is 0.770. The molecule has 7 heavy (non-hydrogen) atoms.